The van der Waals surface area contributed by atoms with Crippen LogP contribution in [-0.2, 0) is 0 Å². The molecule has 0 saturated heterocycles. The van der Waals surface area contributed by atoms with E-state index in [0.717, 1.165) is 5.92 Å². The van der Waals surface area contributed by atoms with Gasteiger partial charge < -0.3 is 0 Å². The zero-order valence-corrected chi connectivity index (χ0v) is 11.4. The highest BCUT2D eigenvalue weighted by Gasteiger charge is 2.21. The highest BCUT2D eigenvalue weighted by molar-refractivity contribution is 6.36. The summed E-state index contributed by atoms with van der Waals surface area (Å²) < 4.78 is 0. The fourth-order valence-corrected chi connectivity index (χ4v) is 3.12. The summed E-state index contributed by atoms with van der Waals surface area (Å²) in [5, 5.41) is 9.88. The third-order valence-electron chi connectivity index (χ3n) is 3.66. The first-order valence-electron chi connectivity index (χ1n) is 6.01. The Morgan fingerprint density at radius 2 is 1.65 bits per heavy atom. The Morgan fingerprint density at radius 3 is 2.12 bits per heavy atom. The first-order chi connectivity index (χ1) is 8.11. The molecule has 0 heterocycles. The van der Waals surface area contributed by atoms with Gasteiger partial charge in [0.2, 0.25) is 0 Å². The van der Waals surface area contributed by atoms with E-state index in [9.17, 15) is 0 Å². The third kappa shape index (κ3) is 2.76. The second-order valence-electron chi connectivity index (χ2n) is 4.93. The summed E-state index contributed by atoms with van der Waals surface area (Å²) in [5.41, 5.74) is 1.58. The van der Waals surface area contributed by atoms with Crippen LogP contribution in [0.1, 0.15) is 49.7 Å². The van der Waals surface area contributed by atoms with E-state index in [0.29, 0.717) is 21.5 Å². The van der Waals surface area contributed by atoms with Crippen LogP contribution in [-0.4, -0.2) is 0 Å². The van der Waals surface area contributed by atoms with Gasteiger partial charge in [0.25, 0.3) is 0 Å². The largest absolute Gasteiger partial charge is 0.192 e. The lowest BCUT2D eigenvalue weighted by Crippen LogP contribution is -2.11. The average molecular weight is 268 g/mol. The number of nitriles is 1. The predicted molar refractivity (Wildman–Crippen MR) is 71.6 cm³/mol. The van der Waals surface area contributed by atoms with E-state index < -0.39 is 0 Å². The van der Waals surface area contributed by atoms with Crippen molar-refractivity contribution >= 4 is 23.2 Å². The van der Waals surface area contributed by atoms with Gasteiger partial charge in [-0.25, -0.2) is 0 Å². The highest BCUT2D eigenvalue weighted by Crippen LogP contribution is 2.38. The lowest BCUT2D eigenvalue weighted by Gasteiger charge is -2.26. The smallest absolute Gasteiger partial charge is 0.102 e. The van der Waals surface area contributed by atoms with E-state index in [1.54, 1.807) is 0 Å². The topological polar surface area (TPSA) is 23.8 Å². The molecule has 0 bridgehead atoms. The fourth-order valence-electron chi connectivity index (χ4n) is 2.53. The summed E-state index contributed by atoms with van der Waals surface area (Å²) in [6.07, 6.45) is 4.92. The number of hydrogen-bond acceptors (Lipinski definition) is 1. The minimum atomic E-state index is 0.390. The summed E-state index contributed by atoms with van der Waals surface area (Å²) in [6.45, 7) is 2.30. The number of hydrogen-bond donors (Lipinski definition) is 0. The Bertz CT molecular complexity index is 431. The number of rotatable bonds is 1. The van der Waals surface area contributed by atoms with Crippen LogP contribution in [0.4, 0.5) is 0 Å². The van der Waals surface area contributed by atoms with Crippen molar-refractivity contribution in [2.45, 2.75) is 38.5 Å². The SMILES string of the molecule is CC1CCC(c2cc(Cl)c(C#N)c(Cl)c2)CC1. The second kappa shape index (κ2) is 5.29. The minimum Gasteiger partial charge on any atom is -0.192 e. The van der Waals surface area contributed by atoms with Gasteiger partial charge in [-0.2, -0.15) is 5.26 Å². The van der Waals surface area contributed by atoms with Crippen molar-refractivity contribution in [1.29, 1.82) is 5.26 Å². The van der Waals surface area contributed by atoms with Crippen LogP contribution < -0.4 is 0 Å². The monoisotopic (exact) mass is 267 g/mol. The van der Waals surface area contributed by atoms with Gasteiger partial charge in [-0.3, -0.25) is 0 Å². The van der Waals surface area contributed by atoms with E-state index in [1.165, 1.54) is 31.2 Å². The van der Waals surface area contributed by atoms with Crippen molar-refractivity contribution in [2.75, 3.05) is 0 Å². The molecule has 0 N–H and O–H groups in total. The molecule has 1 aliphatic carbocycles. The van der Waals surface area contributed by atoms with Crippen molar-refractivity contribution < 1.29 is 0 Å². The maximum atomic E-state index is 8.92. The molecule has 90 valence electrons. The van der Waals surface area contributed by atoms with E-state index in [2.05, 4.69) is 6.92 Å². The van der Waals surface area contributed by atoms with Crippen LogP contribution in [0.5, 0.6) is 0 Å². The summed E-state index contributed by atoms with van der Waals surface area (Å²) in [4.78, 5) is 0. The van der Waals surface area contributed by atoms with Gasteiger partial charge in [-0.05, 0) is 42.4 Å². The molecule has 1 aromatic carbocycles. The van der Waals surface area contributed by atoms with Crippen LogP contribution in [0.3, 0.4) is 0 Å². The molecular formula is C14H15Cl2N. The van der Waals surface area contributed by atoms with Crippen LogP contribution in [0.25, 0.3) is 0 Å². The molecular weight excluding hydrogens is 253 g/mol. The maximum Gasteiger partial charge on any atom is 0.102 e. The molecule has 1 nitrogen and oxygen atoms in total. The Morgan fingerprint density at radius 1 is 1.12 bits per heavy atom. The van der Waals surface area contributed by atoms with Gasteiger partial charge in [-0.1, -0.05) is 43.0 Å². The number of nitrogens with zero attached hydrogens (tertiary/aromatic N) is 1. The number of halogens is 2. The third-order valence-corrected chi connectivity index (χ3v) is 4.26. The standard InChI is InChI=1S/C14H15Cl2N/c1-9-2-4-10(5-3-9)11-6-13(15)12(8-17)14(16)7-11/h6-7,9-10H,2-5H2,1H3. The zero-order chi connectivity index (χ0) is 12.4. The van der Waals surface area contributed by atoms with Crippen LogP contribution in [0.2, 0.25) is 10.0 Å². The fraction of sp³-hybridized carbons (Fsp3) is 0.500. The summed E-state index contributed by atoms with van der Waals surface area (Å²) in [6, 6.07) is 5.86. The summed E-state index contributed by atoms with van der Waals surface area (Å²) >= 11 is 12.2. The van der Waals surface area contributed by atoms with Crippen LogP contribution in [0, 0.1) is 17.2 Å². The van der Waals surface area contributed by atoms with Crippen molar-refractivity contribution in [3.05, 3.63) is 33.3 Å². The van der Waals surface area contributed by atoms with E-state index in [1.807, 2.05) is 18.2 Å². The molecule has 0 radical (unpaired) electrons. The molecule has 0 unspecified atom stereocenters. The molecule has 1 fully saturated rings. The molecule has 2 rings (SSSR count). The van der Waals surface area contributed by atoms with E-state index >= 15 is 0 Å². The molecule has 1 saturated carbocycles. The normalized spacial score (nSPS) is 24.4. The average Bonchev–Trinajstić information content (AvgIpc) is 2.29. The molecule has 0 aromatic heterocycles. The Hall–Kier alpha value is -0.710. The summed E-state index contributed by atoms with van der Waals surface area (Å²) in [7, 11) is 0. The molecule has 0 spiro atoms. The molecule has 1 aromatic rings. The van der Waals surface area contributed by atoms with Crippen molar-refractivity contribution in [3.8, 4) is 6.07 Å². The molecule has 1 aliphatic rings. The second-order valence-corrected chi connectivity index (χ2v) is 5.74. The van der Waals surface area contributed by atoms with Crippen LogP contribution >= 0.6 is 23.2 Å². The Kier molecular flexibility index (Phi) is 3.97. The first kappa shape index (κ1) is 12.7. The number of benzene rings is 1. The predicted octanol–water partition coefficient (Wildman–Crippen LogP) is 5.16. The lowest BCUT2D eigenvalue weighted by molar-refractivity contribution is 0.348. The Labute approximate surface area is 112 Å². The molecule has 0 aliphatic heterocycles. The molecule has 3 heteroatoms. The summed E-state index contributed by atoms with van der Waals surface area (Å²) in [5.74, 6) is 1.38. The van der Waals surface area contributed by atoms with Crippen molar-refractivity contribution in [1.82, 2.24) is 0 Å². The van der Waals surface area contributed by atoms with Gasteiger partial charge in [0.1, 0.15) is 6.07 Å². The quantitative estimate of drug-likeness (QED) is 0.690. The molecule has 0 amide bonds. The van der Waals surface area contributed by atoms with E-state index in [4.69, 9.17) is 28.5 Å². The lowest BCUT2D eigenvalue weighted by atomic mass is 9.79. The van der Waals surface area contributed by atoms with Gasteiger partial charge in [0.05, 0.1) is 15.6 Å². The van der Waals surface area contributed by atoms with Gasteiger partial charge >= 0.3 is 0 Å². The van der Waals surface area contributed by atoms with E-state index in [-0.39, 0.29) is 0 Å². The van der Waals surface area contributed by atoms with Gasteiger partial charge in [-0.15, -0.1) is 0 Å². The Balaban J connectivity index is 2.26. The molecule has 0 atom stereocenters. The van der Waals surface area contributed by atoms with Gasteiger partial charge in [0.15, 0.2) is 0 Å². The zero-order valence-electron chi connectivity index (χ0n) is 9.84. The van der Waals surface area contributed by atoms with Crippen molar-refractivity contribution in [3.63, 3.8) is 0 Å². The van der Waals surface area contributed by atoms with Gasteiger partial charge in [0, 0.05) is 0 Å². The first-order valence-corrected chi connectivity index (χ1v) is 6.76. The minimum absolute atomic E-state index is 0.390. The highest BCUT2D eigenvalue weighted by atomic mass is 35.5. The van der Waals surface area contributed by atoms with Crippen molar-refractivity contribution in [2.24, 2.45) is 5.92 Å². The molecule has 17 heavy (non-hydrogen) atoms. The van der Waals surface area contributed by atoms with Crippen LogP contribution in [0.15, 0.2) is 12.1 Å². The maximum absolute atomic E-state index is 8.92.